The third-order valence-corrected chi connectivity index (χ3v) is 3.41. The molecule has 0 aliphatic rings. The summed E-state index contributed by atoms with van der Waals surface area (Å²) in [6.07, 6.45) is 5.31. The highest BCUT2D eigenvalue weighted by Gasteiger charge is 2.15. The third-order valence-electron chi connectivity index (χ3n) is 3.41. The maximum absolute atomic E-state index is 12.4. The second kappa shape index (κ2) is 5.54. The average Bonchev–Trinajstić information content (AvgIpc) is 3.04. The molecule has 3 aromatic rings. The van der Waals surface area contributed by atoms with Crippen molar-refractivity contribution in [1.82, 2.24) is 14.7 Å². The molecule has 0 fully saturated rings. The normalized spacial score (nSPS) is 11.4. The van der Waals surface area contributed by atoms with Crippen LogP contribution >= 0.6 is 0 Å². The molecule has 1 aromatic carbocycles. The molecule has 5 heteroatoms. The van der Waals surface area contributed by atoms with Crippen molar-refractivity contribution in [1.29, 1.82) is 0 Å². The van der Waals surface area contributed by atoms with Gasteiger partial charge in [0.2, 0.25) is 0 Å². The lowest BCUT2D eigenvalue weighted by Crippen LogP contribution is -2.25. The quantitative estimate of drug-likeness (QED) is 0.675. The number of aryl methyl sites for hydroxylation is 1. The Morgan fingerprint density at radius 3 is 2.95 bits per heavy atom. The Labute approximate surface area is 122 Å². The Hall–Kier alpha value is -2.40. The molecule has 0 atom stereocenters. The van der Waals surface area contributed by atoms with Crippen LogP contribution in [0.2, 0.25) is 0 Å². The number of carbonyl (C=O) groups excluding carboxylic acids is 1. The molecule has 2 aromatic heterocycles. The molecule has 3 rings (SSSR count). The number of likely N-dealkylation sites (N-methyl/N-ethyl adjacent to an activating group) is 1. The highest BCUT2D eigenvalue weighted by atomic mass is 16.3. The number of aromatic nitrogens is 2. The molecule has 0 radical (unpaired) electrons. The fourth-order valence-electron chi connectivity index (χ4n) is 2.45. The van der Waals surface area contributed by atoms with Crippen molar-refractivity contribution in [3.05, 3.63) is 54.0 Å². The van der Waals surface area contributed by atoms with Crippen molar-refractivity contribution in [3.8, 4) is 0 Å². The minimum Gasteiger partial charge on any atom is -0.464 e. The van der Waals surface area contributed by atoms with Crippen LogP contribution in [0.1, 0.15) is 15.9 Å². The number of carbonyl (C=O) groups is 1. The zero-order chi connectivity index (χ0) is 14.8. The van der Waals surface area contributed by atoms with Crippen molar-refractivity contribution in [2.45, 2.75) is 6.54 Å². The lowest BCUT2D eigenvalue weighted by atomic mass is 10.1. The topological polar surface area (TPSA) is 51.3 Å². The number of hydrogen-bond acceptors (Lipinski definition) is 4. The summed E-state index contributed by atoms with van der Waals surface area (Å²) in [6, 6.07) is 7.58. The van der Waals surface area contributed by atoms with E-state index < -0.39 is 0 Å². The van der Waals surface area contributed by atoms with Crippen molar-refractivity contribution in [2.75, 3.05) is 13.6 Å². The molecular formula is C16H17N3O2. The molecule has 108 valence electrons. The average molecular weight is 283 g/mol. The smallest absolute Gasteiger partial charge is 0.180 e. The molecule has 2 heterocycles. The van der Waals surface area contributed by atoms with Gasteiger partial charge in [-0.05, 0) is 13.1 Å². The van der Waals surface area contributed by atoms with Gasteiger partial charge in [-0.1, -0.05) is 18.2 Å². The van der Waals surface area contributed by atoms with E-state index in [1.54, 1.807) is 10.9 Å². The van der Waals surface area contributed by atoms with Crippen LogP contribution in [-0.2, 0) is 13.6 Å². The maximum Gasteiger partial charge on any atom is 0.180 e. The Bertz CT molecular complexity index is 773. The van der Waals surface area contributed by atoms with Crippen LogP contribution in [-0.4, -0.2) is 34.1 Å². The van der Waals surface area contributed by atoms with Crippen LogP contribution in [0.3, 0.4) is 0 Å². The minimum absolute atomic E-state index is 0.0614. The molecule has 0 saturated heterocycles. The van der Waals surface area contributed by atoms with Gasteiger partial charge in [0, 0.05) is 30.7 Å². The van der Waals surface area contributed by atoms with Crippen LogP contribution in [0, 0.1) is 0 Å². The molecule has 0 N–H and O–H groups in total. The fraction of sp³-hybridized carbons (Fsp3) is 0.250. The van der Waals surface area contributed by atoms with Gasteiger partial charge in [-0.25, -0.2) is 0 Å². The zero-order valence-corrected chi connectivity index (χ0v) is 12.1. The summed E-state index contributed by atoms with van der Waals surface area (Å²) < 4.78 is 7.18. The van der Waals surface area contributed by atoms with Gasteiger partial charge in [0.1, 0.15) is 11.8 Å². The Morgan fingerprint density at radius 1 is 1.38 bits per heavy atom. The Balaban J connectivity index is 1.71. The summed E-state index contributed by atoms with van der Waals surface area (Å²) >= 11 is 0. The third kappa shape index (κ3) is 2.87. The first kappa shape index (κ1) is 13.6. The number of fused-ring (bicyclic) bond motifs is 1. The molecule has 0 amide bonds. The molecular weight excluding hydrogens is 266 g/mol. The standard InChI is InChI=1S/C16H17N3O2/c1-18(8-12-7-17-19(2)9-12)10-15(20)14-11-21-16-6-4-3-5-13(14)16/h3-7,9,11H,8,10H2,1-2H3. The van der Waals surface area contributed by atoms with Crippen LogP contribution < -0.4 is 0 Å². The summed E-state index contributed by atoms with van der Waals surface area (Å²) in [6.45, 7) is 1.04. The van der Waals surface area contributed by atoms with Gasteiger partial charge in [-0.15, -0.1) is 0 Å². The van der Waals surface area contributed by atoms with E-state index in [4.69, 9.17) is 4.42 Å². The number of Topliss-reactive ketones (excluding diaryl/α,β-unsaturated/α-hetero) is 1. The number of ketones is 1. The van der Waals surface area contributed by atoms with Gasteiger partial charge >= 0.3 is 0 Å². The Kier molecular flexibility index (Phi) is 3.58. The van der Waals surface area contributed by atoms with Gasteiger partial charge in [0.25, 0.3) is 0 Å². The fourth-order valence-corrected chi connectivity index (χ4v) is 2.45. The summed E-state index contributed by atoms with van der Waals surface area (Å²) in [5.41, 5.74) is 2.48. The molecule has 0 aliphatic heterocycles. The van der Waals surface area contributed by atoms with Crippen LogP contribution in [0.4, 0.5) is 0 Å². The Morgan fingerprint density at radius 2 is 2.19 bits per heavy atom. The highest BCUT2D eigenvalue weighted by molar-refractivity contribution is 6.08. The molecule has 0 unspecified atom stereocenters. The molecule has 0 aliphatic carbocycles. The summed E-state index contributed by atoms with van der Waals surface area (Å²) in [5.74, 6) is 0.0614. The minimum atomic E-state index is 0.0614. The first-order valence-corrected chi connectivity index (χ1v) is 6.79. The van der Waals surface area contributed by atoms with Gasteiger partial charge in [-0.2, -0.15) is 5.10 Å². The summed E-state index contributed by atoms with van der Waals surface area (Å²) in [7, 11) is 3.80. The number of rotatable bonds is 5. The number of furan rings is 1. The van der Waals surface area contributed by atoms with E-state index in [0.717, 1.165) is 16.5 Å². The van der Waals surface area contributed by atoms with Gasteiger partial charge in [0.05, 0.1) is 18.3 Å². The highest BCUT2D eigenvalue weighted by Crippen LogP contribution is 2.21. The number of benzene rings is 1. The van der Waals surface area contributed by atoms with E-state index in [0.29, 0.717) is 18.7 Å². The van der Waals surface area contributed by atoms with Crippen LogP contribution in [0.5, 0.6) is 0 Å². The molecule has 21 heavy (non-hydrogen) atoms. The van der Waals surface area contributed by atoms with Gasteiger partial charge in [-0.3, -0.25) is 14.4 Å². The lowest BCUT2D eigenvalue weighted by molar-refractivity contribution is 0.0944. The molecule has 0 spiro atoms. The van der Waals surface area contributed by atoms with Crippen molar-refractivity contribution >= 4 is 16.8 Å². The van der Waals surface area contributed by atoms with E-state index in [9.17, 15) is 4.79 Å². The van der Waals surface area contributed by atoms with Gasteiger partial charge in [0.15, 0.2) is 5.78 Å². The lowest BCUT2D eigenvalue weighted by Gasteiger charge is -2.13. The first-order valence-electron chi connectivity index (χ1n) is 6.79. The monoisotopic (exact) mass is 283 g/mol. The summed E-state index contributed by atoms with van der Waals surface area (Å²) in [5, 5.41) is 5.00. The van der Waals surface area contributed by atoms with E-state index in [2.05, 4.69) is 5.10 Å². The zero-order valence-electron chi connectivity index (χ0n) is 12.1. The predicted molar refractivity (Wildman–Crippen MR) is 80.1 cm³/mol. The largest absolute Gasteiger partial charge is 0.464 e. The van der Waals surface area contributed by atoms with E-state index in [-0.39, 0.29) is 5.78 Å². The van der Waals surface area contributed by atoms with E-state index in [1.165, 1.54) is 0 Å². The molecule has 5 nitrogen and oxygen atoms in total. The SMILES string of the molecule is CN(CC(=O)c1coc2ccccc12)Cc1cnn(C)c1. The predicted octanol–water partition coefficient (Wildman–Crippen LogP) is 2.48. The second-order valence-electron chi connectivity index (χ2n) is 5.26. The molecule has 0 saturated carbocycles. The second-order valence-corrected chi connectivity index (χ2v) is 5.26. The van der Waals surface area contributed by atoms with Crippen LogP contribution in [0.15, 0.2) is 47.3 Å². The summed E-state index contributed by atoms with van der Waals surface area (Å²) in [4.78, 5) is 14.4. The maximum atomic E-state index is 12.4. The van der Waals surface area contributed by atoms with Crippen molar-refractivity contribution < 1.29 is 9.21 Å². The first-order chi connectivity index (χ1) is 10.1. The van der Waals surface area contributed by atoms with Crippen molar-refractivity contribution in [2.24, 2.45) is 7.05 Å². The number of nitrogens with zero attached hydrogens (tertiary/aromatic N) is 3. The molecule has 0 bridgehead atoms. The van der Waals surface area contributed by atoms with Crippen molar-refractivity contribution in [3.63, 3.8) is 0 Å². The number of hydrogen-bond donors (Lipinski definition) is 0. The van der Waals surface area contributed by atoms with E-state index in [1.807, 2.05) is 55.7 Å². The number of para-hydroxylation sites is 1. The van der Waals surface area contributed by atoms with Gasteiger partial charge < -0.3 is 4.42 Å². The van der Waals surface area contributed by atoms with Crippen LogP contribution in [0.25, 0.3) is 11.0 Å². The van der Waals surface area contributed by atoms with E-state index >= 15 is 0 Å².